The number of benzene rings is 1. The first-order chi connectivity index (χ1) is 12.3. The zero-order valence-corrected chi connectivity index (χ0v) is 16.0. The molecule has 0 N–H and O–H groups in total. The van der Waals surface area contributed by atoms with E-state index in [0.717, 1.165) is 23.8 Å². The van der Waals surface area contributed by atoms with Gasteiger partial charge in [-0.3, -0.25) is 4.79 Å². The Bertz CT molecular complexity index is 765. The van der Waals surface area contributed by atoms with Crippen LogP contribution in [0.15, 0.2) is 12.1 Å². The molecule has 3 amide bonds. The first-order valence-corrected chi connectivity index (χ1v) is 9.57. The summed E-state index contributed by atoms with van der Waals surface area (Å²) in [5, 5.41) is 0.0541. The lowest BCUT2D eigenvalue weighted by Gasteiger charge is -2.26. The van der Waals surface area contributed by atoms with Crippen molar-refractivity contribution in [1.82, 2.24) is 4.90 Å². The molecule has 1 saturated carbocycles. The maximum atomic E-state index is 14.5. The van der Waals surface area contributed by atoms with Gasteiger partial charge in [-0.2, -0.15) is 0 Å². The summed E-state index contributed by atoms with van der Waals surface area (Å²) in [6, 6.07) is 1.31. The van der Waals surface area contributed by atoms with E-state index in [4.69, 9.17) is 39.5 Å². The quantitative estimate of drug-likeness (QED) is 0.536. The van der Waals surface area contributed by atoms with E-state index in [1.165, 1.54) is 11.0 Å². The normalized spacial score (nSPS) is 26.9. The van der Waals surface area contributed by atoms with Gasteiger partial charge in [0.05, 0.1) is 17.3 Å². The summed E-state index contributed by atoms with van der Waals surface area (Å²) in [6.07, 6.45) is 2.89. The number of anilines is 1. The predicted molar refractivity (Wildman–Crippen MR) is 96.7 cm³/mol. The standard InChI is InChI=1S/C17H16Cl3FN2O3/c18-10-5-11(21)13(6-14(10)26-8-9-7-17(9,19)20)23-15(24)12-3-1-2-4-22(12)16(23)25/h5-6,9,12H,1-4,7-8H2. The van der Waals surface area contributed by atoms with Crippen LogP contribution in [0.5, 0.6) is 5.75 Å². The number of alkyl halides is 2. The summed E-state index contributed by atoms with van der Waals surface area (Å²) < 4.78 is 19.3. The van der Waals surface area contributed by atoms with Crippen molar-refractivity contribution < 1.29 is 18.7 Å². The SMILES string of the molecule is O=C1C2CCCCN2C(=O)N1c1cc(OCC2CC2(Cl)Cl)c(Cl)cc1F. The Labute approximate surface area is 164 Å². The second-order valence-corrected chi connectivity index (χ2v) is 8.82. The number of imide groups is 1. The molecule has 2 unspecified atom stereocenters. The topological polar surface area (TPSA) is 49.9 Å². The molecule has 1 aliphatic carbocycles. The number of hydrogen-bond donors (Lipinski definition) is 0. The van der Waals surface area contributed by atoms with Crippen LogP contribution in [0, 0.1) is 11.7 Å². The molecule has 140 valence electrons. The predicted octanol–water partition coefficient (Wildman–Crippen LogP) is 4.37. The molecule has 0 spiro atoms. The summed E-state index contributed by atoms with van der Waals surface area (Å²) in [5.74, 6) is -1.02. The van der Waals surface area contributed by atoms with Crippen LogP contribution in [0.25, 0.3) is 0 Å². The molecular formula is C17H16Cl3FN2O3. The number of hydrogen-bond acceptors (Lipinski definition) is 3. The average Bonchev–Trinajstić information content (AvgIpc) is 3.13. The van der Waals surface area contributed by atoms with Gasteiger partial charge in [0.15, 0.2) is 0 Å². The Morgan fingerprint density at radius 1 is 1.27 bits per heavy atom. The molecule has 9 heteroatoms. The van der Waals surface area contributed by atoms with Crippen molar-refractivity contribution in [2.24, 2.45) is 5.92 Å². The lowest BCUT2D eigenvalue weighted by Crippen LogP contribution is -2.39. The molecule has 4 rings (SSSR count). The van der Waals surface area contributed by atoms with E-state index >= 15 is 0 Å². The van der Waals surface area contributed by atoms with E-state index < -0.39 is 28.1 Å². The van der Waals surface area contributed by atoms with Gasteiger partial charge < -0.3 is 9.64 Å². The lowest BCUT2D eigenvalue weighted by atomic mass is 10.0. The zero-order chi connectivity index (χ0) is 18.6. The van der Waals surface area contributed by atoms with E-state index in [-0.39, 0.29) is 29.0 Å². The number of rotatable bonds is 4. The zero-order valence-electron chi connectivity index (χ0n) is 13.7. The number of carbonyl (C=O) groups excluding carboxylic acids is 2. The molecule has 3 aliphatic rings. The van der Waals surface area contributed by atoms with Crippen LogP contribution in [0.3, 0.4) is 0 Å². The molecule has 2 saturated heterocycles. The average molecular weight is 422 g/mol. The van der Waals surface area contributed by atoms with Crippen molar-refractivity contribution in [3.05, 3.63) is 23.0 Å². The number of fused-ring (bicyclic) bond motifs is 1. The third-order valence-electron chi connectivity index (χ3n) is 5.08. The van der Waals surface area contributed by atoms with Crippen molar-refractivity contribution in [2.75, 3.05) is 18.1 Å². The first kappa shape index (κ1) is 18.1. The molecule has 2 atom stereocenters. The lowest BCUT2D eigenvalue weighted by molar-refractivity contribution is -0.120. The van der Waals surface area contributed by atoms with Crippen molar-refractivity contribution in [2.45, 2.75) is 36.1 Å². The van der Waals surface area contributed by atoms with Crippen molar-refractivity contribution in [3.63, 3.8) is 0 Å². The summed E-state index contributed by atoms with van der Waals surface area (Å²) in [5.41, 5.74) is -0.146. The summed E-state index contributed by atoms with van der Waals surface area (Å²) in [6.45, 7) is 0.716. The van der Waals surface area contributed by atoms with Gasteiger partial charge >= 0.3 is 6.03 Å². The molecule has 0 bridgehead atoms. The third-order valence-corrected chi connectivity index (χ3v) is 6.30. The van der Waals surface area contributed by atoms with E-state index in [1.807, 2.05) is 0 Å². The van der Waals surface area contributed by atoms with Crippen LogP contribution >= 0.6 is 34.8 Å². The van der Waals surface area contributed by atoms with Gasteiger partial charge in [0.25, 0.3) is 5.91 Å². The van der Waals surface area contributed by atoms with E-state index in [9.17, 15) is 14.0 Å². The maximum Gasteiger partial charge on any atom is 0.332 e. The number of carbonyl (C=O) groups is 2. The Morgan fingerprint density at radius 2 is 2.00 bits per heavy atom. The van der Waals surface area contributed by atoms with Gasteiger partial charge in [-0.1, -0.05) is 11.6 Å². The molecule has 0 radical (unpaired) electrons. The highest BCUT2D eigenvalue weighted by Crippen LogP contribution is 2.53. The largest absolute Gasteiger partial charge is 0.492 e. The minimum absolute atomic E-state index is 0.0422. The number of halogens is 4. The van der Waals surface area contributed by atoms with Gasteiger partial charge in [-0.05, 0) is 31.7 Å². The van der Waals surface area contributed by atoms with Crippen LogP contribution in [0.2, 0.25) is 5.02 Å². The molecule has 0 aromatic heterocycles. The molecule has 2 aliphatic heterocycles. The van der Waals surface area contributed by atoms with Crippen LogP contribution in [-0.4, -0.2) is 40.4 Å². The highest BCUT2D eigenvalue weighted by Gasteiger charge is 2.52. The maximum absolute atomic E-state index is 14.5. The first-order valence-electron chi connectivity index (χ1n) is 8.44. The van der Waals surface area contributed by atoms with Crippen molar-refractivity contribution in [1.29, 1.82) is 0 Å². The minimum Gasteiger partial charge on any atom is -0.492 e. The van der Waals surface area contributed by atoms with Crippen LogP contribution in [0.4, 0.5) is 14.9 Å². The van der Waals surface area contributed by atoms with Crippen molar-refractivity contribution >= 4 is 52.4 Å². The van der Waals surface area contributed by atoms with Crippen molar-refractivity contribution in [3.8, 4) is 5.75 Å². The summed E-state index contributed by atoms with van der Waals surface area (Å²) in [4.78, 5) is 27.7. The molecule has 1 aromatic rings. The van der Waals surface area contributed by atoms with Gasteiger partial charge in [0.1, 0.15) is 21.9 Å². The summed E-state index contributed by atoms with van der Waals surface area (Å²) >= 11 is 18.0. The number of piperidine rings is 1. The van der Waals surface area contributed by atoms with E-state index in [2.05, 4.69) is 0 Å². The smallest absolute Gasteiger partial charge is 0.332 e. The second kappa shape index (κ2) is 6.43. The molecule has 2 heterocycles. The minimum atomic E-state index is -0.806. The monoisotopic (exact) mass is 420 g/mol. The van der Waals surface area contributed by atoms with Crippen LogP contribution in [0.1, 0.15) is 25.7 Å². The Balaban J connectivity index is 1.60. The van der Waals surface area contributed by atoms with E-state index in [1.54, 1.807) is 0 Å². The van der Waals surface area contributed by atoms with Gasteiger partial charge in [-0.15, -0.1) is 23.2 Å². The van der Waals surface area contributed by atoms with Gasteiger partial charge in [-0.25, -0.2) is 14.1 Å². The van der Waals surface area contributed by atoms with Crippen LogP contribution < -0.4 is 9.64 Å². The molecule has 26 heavy (non-hydrogen) atoms. The highest BCUT2D eigenvalue weighted by atomic mass is 35.5. The van der Waals surface area contributed by atoms with E-state index in [0.29, 0.717) is 19.4 Å². The summed E-state index contributed by atoms with van der Waals surface area (Å²) in [7, 11) is 0. The second-order valence-electron chi connectivity index (χ2n) is 6.87. The fourth-order valence-corrected chi connectivity index (χ4v) is 4.16. The Kier molecular flexibility index (Phi) is 4.48. The number of nitrogens with zero attached hydrogens (tertiary/aromatic N) is 2. The van der Waals surface area contributed by atoms with Gasteiger partial charge in [0, 0.05) is 18.5 Å². The highest BCUT2D eigenvalue weighted by molar-refractivity contribution is 6.50. The third kappa shape index (κ3) is 3.02. The van der Waals surface area contributed by atoms with Crippen LogP contribution in [-0.2, 0) is 4.79 Å². The number of urea groups is 1. The number of ether oxygens (including phenoxy) is 1. The Hall–Kier alpha value is -1.24. The molecule has 3 fully saturated rings. The van der Waals surface area contributed by atoms with Gasteiger partial charge in [0.2, 0.25) is 0 Å². The fourth-order valence-electron chi connectivity index (χ4n) is 3.45. The molecule has 1 aromatic carbocycles. The fraction of sp³-hybridized carbons (Fsp3) is 0.529. The number of amides is 3. The molecular weight excluding hydrogens is 406 g/mol. The Morgan fingerprint density at radius 3 is 2.65 bits per heavy atom. The molecule has 5 nitrogen and oxygen atoms in total.